The number of rotatable bonds is 6. The van der Waals surface area contributed by atoms with Gasteiger partial charge in [-0.15, -0.1) is 0 Å². The molecule has 1 amide bonds. The van der Waals surface area contributed by atoms with E-state index in [9.17, 15) is 10.1 Å². The summed E-state index contributed by atoms with van der Waals surface area (Å²) in [5.74, 6) is -0.393. The summed E-state index contributed by atoms with van der Waals surface area (Å²) in [6.45, 7) is 1.98. The van der Waals surface area contributed by atoms with Crippen molar-refractivity contribution in [2.75, 3.05) is 5.32 Å². The van der Waals surface area contributed by atoms with Crippen LogP contribution in [0.4, 0.5) is 11.5 Å². The first-order valence-electron chi connectivity index (χ1n) is 13.2. The number of nitrogens with one attached hydrogen (secondary N) is 1. The van der Waals surface area contributed by atoms with E-state index in [-0.39, 0.29) is 17.7 Å². The monoisotopic (exact) mass is 532 g/mol. The lowest BCUT2D eigenvalue weighted by atomic mass is 9.93. The Morgan fingerprint density at radius 3 is 2.27 bits per heavy atom. The Labute approximate surface area is 237 Å². The molecule has 0 aliphatic heterocycles. The first-order valence-corrected chi connectivity index (χ1v) is 13.2. The summed E-state index contributed by atoms with van der Waals surface area (Å²) < 4.78 is 0. The van der Waals surface area contributed by atoms with Crippen LogP contribution < -0.4 is 5.32 Å². The standard InChI is InChI=1S/C34H24N6O/c1-21-12-13-37-19-29(21)27-14-24-16-31(39-34(41)26-15-25(26)17-35)38-20-30(24)33(28(27)18-36)40-32(22-8-4-2-5-9-22)23-10-6-3-7-11-23/h2-14,16,19-20,25-26H,15H2,1H3,(H,38,39,41)/t25-,26+/m0/s1. The third-order valence-electron chi connectivity index (χ3n) is 7.30. The van der Waals surface area contributed by atoms with Crippen LogP contribution in [-0.4, -0.2) is 21.6 Å². The number of benzene rings is 3. The number of nitrogens with zero attached hydrogens (tertiary/aromatic N) is 5. The van der Waals surface area contributed by atoms with E-state index in [4.69, 9.17) is 10.3 Å². The van der Waals surface area contributed by atoms with Crippen LogP contribution in [0.15, 0.2) is 102 Å². The Balaban J connectivity index is 1.59. The van der Waals surface area contributed by atoms with Gasteiger partial charge in [0.05, 0.1) is 34.9 Å². The number of anilines is 1. The molecule has 41 heavy (non-hydrogen) atoms. The summed E-state index contributed by atoms with van der Waals surface area (Å²) in [6.07, 6.45) is 5.68. The van der Waals surface area contributed by atoms with Crippen molar-refractivity contribution in [1.29, 1.82) is 10.5 Å². The maximum Gasteiger partial charge on any atom is 0.230 e. The van der Waals surface area contributed by atoms with E-state index in [0.29, 0.717) is 34.4 Å². The number of hydrogen-bond acceptors (Lipinski definition) is 6. The summed E-state index contributed by atoms with van der Waals surface area (Å²) in [6, 6.07) is 29.9. The third kappa shape index (κ3) is 5.05. The molecule has 196 valence electrons. The van der Waals surface area contributed by atoms with Gasteiger partial charge in [-0.05, 0) is 42.5 Å². The maximum atomic E-state index is 12.7. The maximum absolute atomic E-state index is 12.7. The highest BCUT2D eigenvalue weighted by Crippen LogP contribution is 2.41. The molecular weight excluding hydrogens is 508 g/mol. The van der Waals surface area contributed by atoms with Gasteiger partial charge >= 0.3 is 0 Å². The molecule has 0 unspecified atom stereocenters. The van der Waals surface area contributed by atoms with Gasteiger partial charge in [0.1, 0.15) is 11.9 Å². The zero-order valence-electron chi connectivity index (χ0n) is 22.2. The van der Waals surface area contributed by atoms with Crippen molar-refractivity contribution in [2.45, 2.75) is 13.3 Å². The van der Waals surface area contributed by atoms with E-state index in [1.807, 2.05) is 79.7 Å². The van der Waals surface area contributed by atoms with Gasteiger partial charge in [-0.3, -0.25) is 9.78 Å². The molecule has 1 N–H and O–H groups in total. The molecule has 7 nitrogen and oxygen atoms in total. The van der Waals surface area contributed by atoms with Crippen molar-refractivity contribution < 1.29 is 4.79 Å². The zero-order valence-corrected chi connectivity index (χ0v) is 22.2. The lowest BCUT2D eigenvalue weighted by molar-refractivity contribution is -0.117. The molecule has 1 aliphatic carbocycles. The Morgan fingerprint density at radius 2 is 1.66 bits per heavy atom. The lowest BCUT2D eigenvalue weighted by Crippen LogP contribution is -2.15. The Morgan fingerprint density at radius 1 is 0.951 bits per heavy atom. The van der Waals surface area contributed by atoms with Crippen LogP contribution in [0.2, 0.25) is 0 Å². The number of hydrogen-bond donors (Lipinski definition) is 1. The smallest absolute Gasteiger partial charge is 0.230 e. The van der Waals surface area contributed by atoms with E-state index in [2.05, 4.69) is 27.4 Å². The highest BCUT2D eigenvalue weighted by molar-refractivity contribution is 6.16. The molecular formula is C34H24N6O. The minimum Gasteiger partial charge on any atom is -0.310 e. The minimum atomic E-state index is -0.313. The molecule has 2 aromatic heterocycles. The summed E-state index contributed by atoms with van der Waals surface area (Å²) in [7, 11) is 0. The highest BCUT2D eigenvalue weighted by Gasteiger charge is 2.43. The van der Waals surface area contributed by atoms with Crippen molar-refractivity contribution in [3.05, 3.63) is 120 Å². The number of aryl methyl sites for hydroxylation is 1. The van der Waals surface area contributed by atoms with E-state index in [1.165, 1.54) is 0 Å². The van der Waals surface area contributed by atoms with Gasteiger partial charge < -0.3 is 5.32 Å². The van der Waals surface area contributed by atoms with E-state index < -0.39 is 0 Å². The number of aromatic nitrogens is 2. The normalized spacial score (nSPS) is 15.4. The van der Waals surface area contributed by atoms with Crippen LogP contribution in [0.5, 0.6) is 0 Å². The third-order valence-corrected chi connectivity index (χ3v) is 7.30. The quantitative estimate of drug-likeness (QED) is 0.243. The lowest BCUT2D eigenvalue weighted by Gasteiger charge is -2.15. The van der Waals surface area contributed by atoms with Crippen molar-refractivity contribution in [2.24, 2.45) is 16.8 Å². The number of nitriles is 2. The molecule has 7 heteroatoms. The van der Waals surface area contributed by atoms with Gasteiger partial charge in [-0.1, -0.05) is 60.7 Å². The van der Waals surface area contributed by atoms with E-state index in [1.54, 1.807) is 24.7 Å². The average Bonchev–Trinajstić information content (AvgIpc) is 3.81. The number of carbonyl (C=O) groups excluding carboxylic acids is 1. The SMILES string of the molecule is Cc1ccncc1-c1cc2cc(NC(=O)[C@@H]3C[C@H]3C#N)ncc2c(N=C(c2ccccc2)c2ccccc2)c1C#N. The second kappa shape index (κ2) is 10.8. The Kier molecular flexibility index (Phi) is 6.77. The van der Waals surface area contributed by atoms with Gasteiger partial charge in [-0.2, -0.15) is 10.5 Å². The number of carbonyl (C=O) groups is 1. The van der Waals surface area contributed by atoms with Gasteiger partial charge in [0.2, 0.25) is 5.91 Å². The molecule has 5 aromatic rings. The Hall–Kier alpha value is -5.66. The number of aliphatic imine (C=N–C) groups is 1. The number of amides is 1. The van der Waals surface area contributed by atoms with E-state index in [0.717, 1.165) is 33.4 Å². The summed E-state index contributed by atoms with van der Waals surface area (Å²) >= 11 is 0. The first kappa shape index (κ1) is 25.6. The van der Waals surface area contributed by atoms with Gasteiger partial charge in [0, 0.05) is 46.2 Å². The van der Waals surface area contributed by atoms with Crippen molar-refractivity contribution >= 4 is 33.9 Å². The summed E-state index contributed by atoms with van der Waals surface area (Å²) in [5, 5.41) is 23.9. The fourth-order valence-corrected chi connectivity index (χ4v) is 4.98. The molecule has 0 bridgehead atoms. The molecule has 1 saturated carbocycles. The molecule has 0 saturated heterocycles. The highest BCUT2D eigenvalue weighted by atomic mass is 16.2. The number of pyridine rings is 2. The van der Waals surface area contributed by atoms with Gasteiger partial charge in [0.25, 0.3) is 0 Å². The Bertz CT molecular complexity index is 1860. The molecule has 1 fully saturated rings. The second-order valence-corrected chi connectivity index (χ2v) is 10.0. The minimum absolute atomic E-state index is 0.214. The van der Waals surface area contributed by atoms with Crippen molar-refractivity contribution in [1.82, 2.24) is 9.97 Å². The largest absolute Gasteiger partial charge is 0.310 e. The van der Waals surface area contributed by atoms with Crippen molar-refractivity contribution in [3.63, 3.8) is 0 Å². The summed E-state index contributed by atoms with van der Waals surface area (Å²) in [4.78, 5) is 26.7. The molecule has 0 spiro atoms. The molecule has 3 aromatic carbocycles. The molecule has 2 heterocycles. The van der Waals surface area contributed by atoms with Crippen molar-refractivity contribution in [3.8, 4) is 23.3 Å². The average molecular weight is 533 g/mol. The first-order chi connectivity index (χ1) is 20.1. The predicted octanol–water partition coefficient (Wildman–Crippen LogP) is 6.74. The van der Waals surface area contributed by atoms with Crippen LogP contribution in [0, 0.1) is 41.4 Å². The fourth-order valence-electron chi connectivity index (χ4n) is 4.98. The predicted molar refractivity (Wildman–Crippen MR) is 158 cm³/mol. The molecule has 1 aliphatic rings. The fraction of sp³-hybridized carbons (Fsp3) is 0.118. The van der Waals surface area contributed by atoms with Crippen LogP contribution >= 0.6 is 0 Å². The van der Waals surface area contributed by atoms with Crippen LogP contribution in [0.3, 0.4) is 0 Å². The molecule has 6 rings (SSSR count). The molecule has 0 radical (unpaired) electrons. The number of fused-ring (bicyclic) bond motifs is 1. The van der Waals surface area contributed by atoms with Crippen LogP contribution in [0.1, 0.15) is 28.7 Å². The van der Waals surface area contributed by atoms with Crippen LogP contribution in [0.25, 0.3) is 21.9 Å². The topological polar surface area (TPSA) is 115 Å². The second-order valence-electron chi connectivity index (χ2n) is 10.0. The van der Waals surface area contributed by atoms with Crippen LogP contribution in [-0.2, 0) is 4.79 Å². The van der Waals surface area contributed by atoms with Gasteiger partial charge in [0.15, 0.2) is 0 Å². The van der Waals surface area contributed by atoms with Gasteiger partial charge in [-0.25, -0.2) is 9.98 Å². The summed E-state index contributed by atoms with van der Waals surface area (Å²) in [5.41, 5.74) is 5.92. The van der Waals surface area contributed by atoms with E-state index >= 15 is 0 Å². The molecule has 2 atom stereocenters. The zero-order chi connectivity index (χ0) is 28.3.